The normalized spacial score (nSPS) is 10.9. The molecule has 2 N–H and O–H groups in total. The van der Waals surface area contributed by atoms with Crippen LogP contribution in [-0.4, -0.2) is 20.4 Å². The van der Waals surface area contributed by atoms with Crippen molar-refractivity contribution in [2.45, 2.75) is 20.4 Å². The van der Waals surface area contributed by atoms with Crippen LogP contribution in [-0.2, 0) is 6.54 Å². The SMILES string of the molecule is Cc1ccn2c(=O)c(C(=O)NCc3ccc(C)o3)c(O)nc2c1. The molecule has 0 radical (unpaired) electrons. The van der Waals surface area contributed by atoms with Crippen LogP contribution >= 0.6 is 0 Å². The first-order valence-electron chi connectivity index (χ1n) is 7.01. The number of hydrogen-bond acceptors (Lipinski definition) is 5. The van der Waals surface area contributed by atoms with Crippen molar-refractivity contribution in [3.8, 4) is 5.88 Å². The molecule has 3 heterocycles. The molecule has 3 rings (SSSR count). The predicted molar refractivity (Wildman–Crippen MR) is 82.5 cm³/mol. The number of furan rings is 1. The van der Waals surface area contributed by atoms with Gasteiger partial charge in [0.2, 0.25) is 5.88 Å². The highest BCUT2D eigenvalue weighted by atomic mass is 16.3. The van der Waals surface area contributed by atoms with Gasteiger partial charge in [0.15, 0.2) is 5.56 Å². The van der Waals surface area contributed by atoms with Crippen molar-refractivity contribution in [3.63, 3.8) is 0 Å². The Morgan fingerprint density at radius 3 is 2.83 bits per heavy atom. The molecule has 23 heavy (non-hydrogen) atoms. The molecule has 0 saturated heterocycles. The molecule has 3 aromatic heterocycles. The molecule has 7 nitrogen and oxygen atoms in total. The van der Waals surface area contributed by atoms with Crippen molar-refractivity contribution >= 4 is 11.6 Å². The molecule has 0 aromatic carbocycles. The fraction of sp³-hybridized carbons (Fsp3) is 0.188. The van der Waals surface area contributed by atoms with Crippen LogP contribution in [0.5, 0.6) is 5.88 Å². The van der Waals surface area contributed by atoms with E-state index >= 15 is 0 Å². The van der Waals surface area contributed by atoms with Gasteiger partial charge in [-0.25, -0.2) is 0 Å². The summed E-state index contributed by atoms with van der Waals surface area (Å²) in [7, 11) is 0. The fourth-order valence-electron chi connectivity index (χ4n) is 2.26. The number of nitrogens with zero attached hydrogens (tertiary/aromatic N) is 2. The van der Waals surface area contributed by atoms with Crippen LogP contribution in [0.25, 0.3) is 5.65 Å². The third-order valence-electron chi connectivity index (χ3n) is 3.41. The maximum absolute atomic E-state index is 12.4. The molecular formula is C16H15N3O4. The van der Waals surface area contributed by atoms with Crippen LogP contribution in [0.1, 0.15) is 27.4 Å². The molecule has 0 unspecified atom stereocenters. The molecule has 3 aromatic rings. The summed E-state index contributed by atoms with van der Waals surface area (Å²) in [5.74, 6) is -0.0162. The molecule has 0 saturated carbocycles. The number of pyridine rings is 1. The lowest BCUT2D eigenvalue weighted by Gasteiger charge is -2.07. The van der Waals surface area contributed by atoms with Crippen molar-refractivity contribution in [1.82, 2.24) is 14.7 Å². The third-order valence-corrected chi connectivity index (χ3v) is 3.41. The third kappa shape index (κ3) is 2.80. The highest BCUT2D eigenvalue weighted by molar-refractivity contribution is 5.96. The lowest BCUT2D eigenvalue weighted by molar-refractivity contribution is 0.0942. The van der Waals surface area contributed by atoms with E-state index in [4.69, 9.17) is 4.42 Å². The second-order valence-corrected chi connectivity index (χ2v) is 5.24. The fourth-order valence-corrected chi connectivity index (χ4v) is 2.26. The second kappa shape index (κ2) is 5.60. The second-order valence-electron chi connectivity index (χ2n) is 5.24. The van der Waals surface area contributed by atoms with E-state index in [0.29, 0.717) is 5.76 Å². The van der Waals surface area contributed by atoms with Gasteiger partial charge in [-0.15, -0.1) is 0 Å². The number of rotatable bonds is 3. The van der Waals surface area contributed by atoms with Crippen molar-refractivity contribution in [2.24, 2.45) is 0 Å². The summed E-state index contributed by atoms with van der Waals surface area (Å²) >= 11 is 0. The molecular weight excluding hydrogens is 298 g/mol. The first kappa shape index (κ1) is 14.8. The summed E-state index contributed by atoms with van der Waals surface area (Å²) < 4.78 is 6.56. The molecule has 118 valence electrons. The summed E-state index contributed by atoms with van der Waals surface area (Å²) in [5.41, 5.74) is 0.155. The number of aromatic nitrogens is 2. The lowest BCUT2D eigenvalue weighted by atomic mass is 10.2. The Morgan fingerprint density at radius 1 is 1.35 bits per heavy atom. The minimum Gasteiger partial charge on any atom is -0.493 e. The number of aryl methyl sites for hydroxylation is 2. The predicted octanol–water partition coefficient (Wildman–Crippen LogP) is 1.54. The highest BCUT2D eigenvalue weighted by Gasteiger charge is 2.19. The van der Waals surface area contributed by atoms with Gasteiger partial charge in [-0.2, -0.15) is 4.98 Å². The monoisotopic (exact) mass is 313 g/mol. The minimum absolute atomic E-state index is 0.113. The van der Waals surface area contributed by atoms with E-state index in [-0.39, 0.29) is 12.2 Å². The van der Waals surface area contributed by atoms with E-state index in [0.717, 1.165) is 11.3 Å². The van der Waals surface area contributed by atoms with Crippen LogP contribution < -0.4 is 10.9 Å². The van der Waals surface area contributed by atoms with Gasteiger partial charge >= 0.3 is 0 Å². The number of amides is 1. The summed E-state index contributed by atoms with van der Waals surface area (Å²) in [4.78, 5) is 28.5. The summed E-state index contributed by atoms with van der Waals surface area (Å²) in [6, 6.07) is 6.87. The van der Waals surface area contributed by atoms with Crippen molar-refractivity contribution in [3.05, 3.63) is 63.5 Å². The molecule has 0 aliphatic rings. The minimum atomic E-state index is -0.705. The molecule has 7 heteroatoms. The topological polar surface area (TPSA) is 96.8 Å². The first-order chi connectivity index (χ1) is 11.0. The number of nitrogens with one attached hydrogen (secondary N) is 1. The molecule has 0 fully saturated rings. The maximum Gasteiger partial charge on any atom is 0.274 e. The van der Waals surface area contributed by atoms with E-state index in [1.54, 1.807) is 31.2 Å². The van der Waals surface area contributed by atoms with E-state index in [1.165, 1.54) is 10.6 Å². The quantitative estimate of drug-likeness (QED) is 0.764. The Balaban J connectivity index is 1.94. The first-order valence-corrected chi connectivity index (χ1v) is 7.01. The van der Waals surface area contributed by atoms with Crippen molar-refractivity contribution in [1.29, 1.82) is 0 Å². The van der Waals surface area contributed by atoms with Gasteiger partial charge in [0.1, 0.15) is 17.2 Å². The average Bonchev–Trinajstić information content (AvgIpc) is 2.90. The Labute approximate surface area is 131 Å². The van der Waals surface area contributed by atoms with Gasteiger partial charge in [-0.3, -0.25) is 14.0 Å². The zero-order chi connectivity index (χ0) is 16.6. The van der Waals surface area contributed by atoms with Gasteiger partial charge in [-0.1, -0.05) is 0 Å². The highest BCUT2D eigenvalue weighted by Crippen LogP contribution is 2.13. The molecule has 0 spiro atoms. The lowest BCUT2D eigenvalue weighted by Crippen LogP contribution is -2.31. The largest absolute Gasteiger partial charge is 0.493 e. The van der Waals surface area contributed by atoms with Gasteiger partial charge < -0.3 is 14.8 Å². The van der Waals surface area contributed by atoms with E-state index < -0.39 is 22.9 Å². The average molecular weight is 313 g/mol. The summed E-state index contributed by atoms with van der Waals surface area (Å²) in [5, 5.41) is 12.5. The zero-order valence-corrected chi connectivity index (χ0v) is 12.7. The van der Waals surface area contributed by atoms with Crippen LogP contribution in [0, 0.1) is 13.8 Å². The van der Waals surface area contributed by atoms with Crippen LogP contribution in [0.2, 0.25) is 0 Å². The van der Waals surface area contributed by atoms with Crippen LogP contribution in [0.4, 0.5) is 0 Å². The van der Waals surface area contributed by atoms with Crippen molar-refractivity contribution in [2.75, 3.05) is 0 Å². The van der Waals surface area contributed by atoms with Gasteiger partial charge in [0.05, 0.1) is 6.54 Å². The molecule has 0 aliphatic heterocycles. The molecule has 0 atom stereocenters. The van der Waals surface area contributed by atoms with E-state index in [1.807, 2.05) is 6.92 Å². The van der Waals surface area contributed by atoms with Gasteiger partial charge in [-0.05, 0) is 43.7 Å². The van der Waals surface area contributed by atoms with Gasteiger partial charge in [0, 0.05) is 6.20 Å². The van der Waals surface area contributed by atoms with Crippen LogP contribution in [0.15, 0.2) is 39.7 Å². The number of hydrogen-bond donors (Lipinski definition) is 2. The number of carbonyl (C=O) groups excluding carboxylic acids is 1. The number of carbonyl (C=O) groups is 1. The van der Waals surface area contributed by atoms with Crippen LogP contribution in [0.3, 0.4) is 0 Å². The Morgan fingerprint density at radius 2 is 2.13 bits per heavy atom. The Bertz CT molecular complexity index is 956. The van der Waals surface area contributed by atoms with E-state index in [9.17, 15) is 14.7 Å². The van der Waals surface area contributed by atoms with Crippen molar-refractivity contribution < 1.29 is 14.3 Å². The van der Waals surface area contributed by atoms with Gasteiger partial charge in [0.25, 0.3) is 11.5 Å². The Kier molecular flexibility index (Phi) is 3.61. The number of fused-ring (bicyclic) bond motifs is 1. The zero-order valence-electron chi connectivity index (χ0n) is 12.7. The standard InChI is InChI=1S/C16H15N3O4/c1-9-5-6-19-12(7-9)18-15(21)13(16(19)22)14(20)17-8-11-4-3-10(2)23-11/h3-7,21H,8H2,1-2H3,(H,17,20). The molecule has 1 amide bonds. The van der Waals surface area contributed by atoms with E-state index in [2.05, 4.69) is 10.3 Å². The Hall–Kier alpha value is -3.09. The molecule has 0 aliphatic carbocycles. The smallest absolute Gasteiger partial charge is 0.274 e. The number of aromatic hydroxyl groups is 1. The molecule has 0 bridgehead atoms. The summed E-state index contributed by atoms with van der Waals surface area (Å²) in [6.45, 7) is 3.75. The maximum atomic E-state index is 12.4. The summed E-state index contributed by atoms with van der Waals surface area (Å²) in [6.07, 6.45) is 1.52.